The van der Waals surface area contributed by atoms with E-state index in [0.717, 1.165) is 31.4 Å². The van der Waals surface area contributed by atoms with Crippen molar-refractivity contribution >= 4 is 10.0 Å². The SMILES string of the molecule is C[C@@H]1c2ccccc2CCN1S(=O)(=O)CC[C@H]1CCCO1. The molecule has 0 unspecified atom stereocenters. The van der Waals surface area contributed by atoms with Gasteiger partial charge in [0.15, 0.2) is 0 Å². The van der Waals surface area contributed by atoms with Gasteiger partial charge in [0.1, 0.15) is 0 Å². The zero-order valence-electron chi connectivity index (χ0n) is 12.5. The first-order valence-electron chi connectivity index (χ1n) is 7.77. The van der Waals surface area contributed by atoms with Gasteiger partial charge in [-0.3, -0.25) is 0 Å². The second kappa shape index (κ2) is 6.07. The van der Waals surface area contributed by atoms with E-state index in [1.165, 1.54) is 5.56 Å². The first-order valence-corrected chi connectivity index (χ1v) is 9.38. The zero-order valence-corrected chi connectivity index (χ0v) is 13.3. The van der Waals surface area contributed by atoms with Crippen molar-refractivity contribution in [1.82, 2.24) is 4.31 Å². The lowest BCUT2D eigenvalue weighted by Gasteiger charge is -2.34. The van der Waals surface area contributed by atoms with E-state index >= 15 is 0 Å². The minimum Gasteiger partial charge on any atom is -0.378 e. The number of ether oxygens (including phenoxy) is 1. The number of sulfonamides is 1. The third-order valence-corrected chi connectivity index (χ3v) is 6.58. The van der Waals surface area contributed by atoms with Gasteiger partial charge in [-0.05, 0) is 43.7 Å². The first-order chi connectivity index (χ1) is 10.1. The third kappa shape index (κ3) is 3.15. The van der Waals surface area contributed by atoms with Gasteiger partial charge in [0.25, 0.3) is 0 Å². The minimum atomic E-state index is -3.21. The summed E-state index contributed by atoms with van der Waals surface area (Å²) in [6.45, 7) is 3.35. The van der Waals surface area contributed by atoms with Gasteiger partial charge in [-0.25, -0.2) is 8.42 Å². The highest BCUT2D eigenvalue weighted by molar-refractivity contribution is 7.89. The molecule has 116 valence electrons. The standard InChI is InChI=1S/C16H23NO3S/c1-13-16-7-3-2-5-14(16)8-10-17(13)21(18,19)12-9-15-6-4-11-20-15/h2-3,5,7,13,15H,4,6,8-12H2,1H3/t13-,15-/m1/s1. The van der Waals surface area contributed by atoms with E-state index in [0.29, 0.717) is 13.0 Å². The molecule has 0 N–H and O–H groups in total. The van der Waals surface area contributed by atoms with Crippen LogP contribution in [0.3, 0.4) is 0 Å². The summed E-state index contributed by atoms with van der Waals surface area (Å²) in [6.07, 6.45) is 3.60. The fourth-order valence-corrected chi connectivity index (χ4v) is 5.16. The Labute approximate surface area is 127 Å². The molecule has 4 nitrogen and oxygen atoms in total. The summed E-state index contributed by atoms with van der Waals surface area (Å²) in [7, 11) is -3.21. The van der Waals surface area contributed by atoms with E-state index in [1.54, 1.807) is 4.31 Å². The molecule has 0 radical (unpaired) electrons. The monoisotopic (exact) mass is 309 g/mol. The summed E-state index contributed by atoms with van der Waals surface area (Å²) in [5.74, 6) is 0.199. The highest BCUT2D eigenvalue weighted by Crippen LogP contribution is 2.31. The van der Waals surface area contributed by atoms with Gasteiger partial charge >= 0.3 is 0 Å². The predicted molar refractivity (Wildman–Crippen MR) is 82.6 cm³/mol. The average Bonchev–Trinajstić information content (AvgIpc) is 2.99. The molecule has 0 amide bonds. The van der Waals surface area contributed by atoms with E-state index in [1.807, 2.05) is 25.1 Å². The number of benzene rings is 1. The van der Waals surface area contributed by atoms with Gasteiger partial charge in [-0.15, -0.1) is 0 Å². The summed E-state index contributed by atoms with van der Waals surface area (Å²) in [5.41, 5.74) is 2.42. The van der Waals surface area contributed by atoms with Gasteiger partial charge in [0.05, 0.1) is 11.9 Å². The van der Waals surface area contributed by atoms with Crippen LogP contribution >= 0.6 is 0 Å². The van der Waals surface area contributed by atoms with Crippen molar-refractivity contribution < 1.29 is 13.2 Å². The van der Waals surface area contributed by atoms with E-state index in [-0.39, 0.29) is 17.9 Å². The molecule has 2 heterocycles. The molecule has 1 aromatic rings. The van der Waals surface area contributed by atoms with Gasteiger partial charge in [0, 0.05) is 19.2 Å². The molecule has 1 fully saturated rings. The van der Waals surface area contributed by atoms with Crippen LogP contribution in [0.25, 0.3) is 0 Å². The van der Waals surface area contributed by atoms with Crippen LogP contribution in [-0.2, 0) is 21.2 Å². The number of hydrogen-bond donors (Lipinski definition) is 0. The molecule has 2 aliphatic heterocycles. The Balaban J connectivity index is 1.71. The third-order valence-electron chi connectivity index (χ3n) is 4.62. The maximum Gasteiger partial charge on any atom is 0.214 e. The Bertz CT molecular complexity index is 593. The molecule has 21 heavy (non-hydrogen) atoms. The van der Waals surface area contributed by atoms with Gasteiger partial charge in [-0.2, -0.15) is 4.31 Å². The average molecular weight is 309 g/mol. The predicted octanol–water partition coefficient (Wildman–Crippen LogP) is 2.50. The Morgan fingerprint density at radius 2 is 2.14 bits per heavy atom. The summed E-state index contributed by atoms with van der Waals surface area (Å²) >= 11 is 0. The number of hydrogen-bond acceptors (Lipinski definition) is 3. The van der Waals surface area contributed by atoms with Crippen LogP contribution in [0.2, 0.25) is 0 Å². The summed E-state index contributed by atoms with van der Waals surface area (Å²) in [4.78, 5) is 0. The van der Waals surface area contributed by atoms with Crippen molar-refractivity contribution in [2.45, 2.75) is 44.8 Å². The van der Waals surface area contributed by atoms with Crippen molar-refractivity contribution in [3.05, 3.63) is 35.4 Å². The van der Waals surface area contributed by atoms with Crippen molar-refractivity contribution in [2.24, 2.45) is 0 Å². The lowest BCUT2D eigenvalue weighted by molar-refractivity contribution is 0.108. The largest absolute Gasteiger partial charge is 0.378 e. The molecule has 5 heteroatoms. The molecule has 0 spiro atoms. The topological polar surface area (TPSA) is 46.6 Å². The molecule has 2 atom stereocenters. The number of fused-ring (bicyclic) bond motifs is 1. The van der Waals surface area contributed by atoms with Crippen LogP contribution in [-0.4, -0.2) is 37.7 Å². The summed E-state index contributed by atoms with van der Waals surface area (Å²) in [5, 5.41) is 0. The van der Waals surface area contributed by atoms with E-state index < -0.39 is 10.0 Å². The summed E-state index contributed by atoms with van der Waals surface area (Å²) < 4.78 is 32.5. The Kier molecular flexibility index (Phi) is 4.33. The fraction of sp³-hybridized carbons (Fsp3) is 0.625. The minimum absolute atomic E-state index is 0.0653. The molecule has 0 aromatic heterocycles. The normalized spacial score (nSPS) is 26.7. The summed E-state index contributed by atoms with van der Waals surface area (Å²) in [6, 6.07) is 8.08. The molecule has 1 saturated heterocycles. The lowest BCUT2D eigenvalue weighted by Crippen LogP contribution is -2.40. The Morgan fingerprint density at radius 1 is 1.33 bits per heavy atom. The zero-order chi connectivity index (χ0) is 14.9. The van der Waals surface area contributed by atoms with Crippen LogP contribution in [0.15, 0.2) is 24.3 Å². The van der Waals surface area contributed by atoms with Crippen molar-refractivity contribution in [3.63, 3.8) is 0 Å². The van der Waals surface area contributed by atoms with Crippen molar-refractivity contribution in [1.29, 1.82) is 0 Å². The lowest BCUT2D eigenvalue weighted by atomic mass is 9.96. The second-order valence-corrected chi connectivity index (χ2v) is 8.02. The number of nitrogens with zero attached hydrogens (tertiary/aromatic N) is 1. The smallest absolute Gasteiger partial charge is 0.214 e. The van der Waals surface area contributed by atoms with Gasteiger partial charge < -0.3 is 4.74 Å². The molecule has 1 aromatic carbocycles. The molecular formula is C16H23NO3S. The molecule has 3 rings (SSSR count). The number of rotatable bonds is 4. The van der Waals surface area contributed by atoms with Crippen LogP contribution in [0.5, 0.6) is 0 Å². The molecular weight excluding hydrogens is 286 g/mol. The van der Waals surface area contributed by atoms with Crippen LogP contribution in [0, 0.1) is 0 Å². The quantitative estimate of drug-likeness (QED) is 0.858. The van der Waals surface area contributed by atoms with Gasteiger partial charge in [-0.1, -0.05) is 24.3 Å². The van der Waals surface area contributed by atoms with E-state index in [4.69, 9.17) is 4.74 Å². The fourth-order valence-electron chi connectivity index (χ4n) is 3.40. The second-order valence-electron chi connectivity index (χ2n) is 5.98. The van der Waals surface area contributed by atoms with E-state index in [2.05, 4.69) is 6.07 Å². The highest BCUT2D eigenvalue weighted by Gasteiger charge is 2.33. The molecule has 0 saturated carbocycles. The Hall–Kier alpha value is -0.910. The maximum absolute atomic E-state index is 12.6. The van der Waals surface area contributed by atoms with Crippen molar-refractivity contribution in [2.75, 3.05) is 18.9 Å². The Morgan fingerprint density at radius 3 is 2.90 bits per heavy atom. The van der Waals surface area contributed by atoms with Crippen LogP contribution in [0.1, 0.15) is 43.4 Å². The molecule has 0 bridgehead atoms. The van der Waals surface area contributed by atoms with Crippen molar-refractivity contribution in [3.8, 4) is 0 Å². The molecule has 2 aliphatic rings. The van der Waals surface area contributed by atoms with Crippen LogP contribution in [0.4, 0.5) is 0 Å². The van der Waals surface area contributed by atoms with Gasteiger partial charge in [0.2, 0.25) is 10.0 Å². The highest BCUT2D eigenvalue weighted by atomic mass is 32.2. The maximum atomic E-state index is 12.6. The van der Waals surface area contributed by atoms with Crippen LogP contribution < -0.4 is 0 Å². The molecule has 0 aliphatic carbocycles. The van der Waals surface area contributed by atoms with E-state index in [9.17, 15) is 8.42 Å². The first kappa shape index (κ1) is 15.0.